The van der Waals surface area contributed by atoms with Crippen molar-refractivity contribution in [1.82, 2.24) is 0 Å². The van der Waals surface area contributed by atoms with Crippen molar-refractivity contribution in [3.05, 3.63) is 22.3 Å². The number of allylic oxidation sites excluding steroid dienone is 4. The van der Waals surface area contributed by atoms with Crippen molar-refractivity contribution < 1.29 is 0 Å². The van der Waals surface area contributed by atoms with Crippen molar-refractivity contribution in [2.45, 2.75) is 33.7 Å². The summed E-state index contributed by atoms with van der Waals surface area (Å²) in [6.07, 6.45) is 0. The first kappa shape index (κ1) is 10.1. The van der Waals surface area contributed by atoms with E-state index >= 15 is 0 Å². The first-order valence-corrected chi connectivity index (χ1v) is 7.66. The highest BCUT2D eigenvalue weighted by Crippen LogP contribution is 2.38. The van der Waals surface area contributed by atoms with E-state index in [-0.39, 0.29) is 8.83 Å². The molecule has 0 N–H and O–H groups in total. The van der Waals surface area contributed by atoms with Crippen molar-refractivity contribution in [3.63, 3.8) is 0 Å². The van der Waals surface area contributed by atoms with Gasteiger partial charge in [-0.05, 0) is 43.9 Å². The Morgan fingerprint density at radius 2 is 1.83 bits per heavy atom. The maximum atomic E-state index is 5.89. The van der Waals surface area contributed by atoms with Crippen molar-refractivity contribution in [2.24, 2.45) is 5.92 Å². The molecule has 0 fully saturated rings. The third kappa shape index (κ3) is 1.53. The normalized spacial score (nSPS) is 25.2. The second kappa shape index (κ2) is 3.80. The van der Waals surface area contributed by atoms with Crippen LogP contribution in [0.3, 0.4) is 0 Å². The lowest BCUT2D eigenvalue weighted by Crippen LogP contribution is -1.98. The van der Waals surface area contributed by atoms with Gasteiger partial charge in [0.15, 0.2) is 0 Å². The van der Waals surface area contributed by atoms with E-state index in [1.165, 1.54) is 17.2 Å². The lowest BCUT2D eigenvalue weighted by molar-refractivity contribution is 0.814. The number of hydrogen-bond donors (Lipinski definition) is 0. The van der Waals surface area contributed by atoms with Gasteiger partial charge in [-0.15, -0.1) is 0 Å². The average Bonchev–Trinajstić information content (AvgIpc) is 2.23. The molecule has 0 amide bonds. The van der Waals surface area contributed by atoms with Crippen LogP contribution < -0.4 is 0 Å². The molecule has 0 heterocycles. The molecule has 0 spiro atoms. The van der Waals surface area contributed by atoms with Gasteiger partial charge < -0.3 is 0 Å². The molecule has 0 aromatic heterocycles. The number of halogens is 1. The summed E-state index contributed by atoms with van der Waals surface area (Å²) >= 11 is 5.89. The van der Waals surface area contributed by atoms with Gasteiger partial charge in [0.2, 0.25) is 0 Å². The Labute approximate surface area is 82.2 Å². The van der Waals surface area contributed by atoms with Crippen LogP contribution in [0.2, 0.25) is 6.04 Å². The van der Waals surface area contributed by atoms with Gasteiger partial charge in [-0.25, -0.2) is 0 Å². The average molecular weight is 201 g/mol. The molecule has 0 saturated heterocycles. The molecule has 0 aliphatic heterocycles. The van der Waals surface area contributed by atoms with Crippen LogP contribution in [-0.4, -0.2) is 8.83 Å². The molecule has 1 unspecified atom stereocenters. The molecule has 1 rings (SSSR count). The van der Waals surface area contributed by atoms with Gasteiger partial charge >= 0.3 is 0 Å². The zero-order valence-corrected chi connectivity index (χ0v) is 10.5. The Kier molecular flexibility index (Phi) is 3.19. The molecule has 1 atom stereocenters. The van der Waals surface area contributed by atoms with Crippen LogP contribution in [0, 0.1) is 5.92 Å². The SMILES string of the molecule is CC1=C(C)C(C)C(C[SiH2]Cl)=C1C. The van der Waals surface area contributed by atoms with Crippen LogP contribution in [0.5, 0.6) is 0 Å². The summed E-state index contributed by atoms with van der Waals surface area (Å²) in [6.45, 7) is 9.00. The van der Waals surface area contributed by atoms with E-state index in [1.807, 2.05) is 0 Å². The Balaban J connectivity index is 2.92. The Morgan fingerprint density at radius 3 is 2.17 bits per heavy atom. The van der Waals surface area contributed by atoms with Crippen LogP contribution in [0.25, 0.3) is 0 Å². The van der Waals surface area contributed by atoms with Gasteiger partial charge in [-0.1, -0.05) is 18.1 Å². The number of rotatable bonds is 2. The summed E-state index contributed by atoms with van der Waals surface area (Å²) < 4.78 is 0. The lowest BCUT2D eigenvalue weighted by atomic mass is 10.00. The van der Waals surface area contributed by atoms with E-state index in [2.05, 4.69) is 27.7 Å². The minimum atomic E-state index is -0.337. The van der Waals surface area contributed by atoms with Gasteiger partial charge in [-0.2, -0.15) is 11.1 Å². The molecule has 1 aliphatic rings. The van der Waals surface area contributed by atoms with Crippen LogP contribution in [0.15, 0.2) is 22.3 Å². The van der Waals surface area contributed by atoms with Crippen molar-refractivity contribution in [3.8, 4) is 0 Å². The Hall–Kier alpha value is -0.0131. The molecule has 0 aromatic carbocycles. The van der Waals surface area contributed by atoms with Crippen molar-refractivity contribution >= 4 is 19.9 Å². The predicted molar refractivity (Wildman–Crippen MR) is 59.4 cm³/mol. The van der Waals surface area contributed by atoms with Gasteiger partial charge in [-0.3, -0.25) is 0 Å². The zero-order chi connectivity index (χ0) is 9.30. The molecule has 2 heteroatoms. The fourth-order valence-corrected chi connectivity index (χ4v) is 3.58. The lowest BCUT2D eigenvalue weighted by Gasteiger charge is -2.10. The minimum absolute atomic E-state index is 0.337. The largest absolute Gasteiger partial charge is 0.176 e. The van der Waals surface area contributed by atoms with Gasteiger partial charge in [0.25, 0.3) is 0 Å². The third-order valence-corrected chi connectivity index (χ3v) is 4.47. The molecule has 68 valence electrons. The Bertz CT molecular complexity index is 251. The summed E-state index contributed by atoms with van der Waals surface area (Å²) in [6, 6.07) is 1.18. The predicted octanol–water partition coefficient (Wildman–Crippen LogP) is 3.03. The van der Waals surface area contributed by atoms with Crippen LogP contribution >= 0.6 is 11.1 Å². The quantitative estimate of drug-likeness (QED) is 0.475. The van der Waals surface area contributed by atoms with Crippen molar-refractivity contribution in [2.75, 3.05) is 0 Å². The second-order valence-electron chi connectivity index (χ2n) is 3.62. The van der Waals surface area contributed by atoms with E-state index in [1.54, 1.807) is 11.1 Å². The first-order valence-electron chi connectivity index (χ1n) is 4.53. The van der Waals surface area contributed by atoms with E-state index < -0.39 is 0 Å². The summed E-state index contributed by atoms with van der Waals surface area (Å²) in [7, 11) is -0.337. The molecule has 0 aromatic rings. The fourth-order valence-electron chi connectivity index (χ4n) is 1.95. The standard InChI is InChI=1S/C10H17ClSi/c1-6-7(2)9(4)10(5-12-11)8(6)3/h8H,5,12H2,1-4H3. The van der Waals surface area contributed by atoms with Gasteiger partial charge in [0.1, 0.15) is 8.83 Å². The molecule has 12 heavy (non-hydrogen) atoms. The molecule has 0 radical (unpaired) electrons. The van der Waals surface area contributed by atoms with E-state index in [4.69, 9.17) is 11.1 Å². The maximum Gasteiger partial charge on any atom is 0.129 e. The smallest absolute Gasteiger partial charge is 0.129 e. The molecule has 0 nitrogen and oxygen atoms in total. The van der Waals surface area contributed by atoms with E-state index in [0.29, 0.717) is 5.92 Å². The highest BCUT2D eigenvalue weighted by molar-refractivity contribution is 6.94. The van der Waals surface area contributed by atoms with E-state index in [0.717, 1.165) is 0 Å². The highest BCUT2D eigenvalue weighted by Gasteiger charge is 2.22. The summed E-state index contributed by atoms with van der Waals surface area (Å²) in [5.41, 5.74) is 6.15. The first-order chi connectivity index (χ1) is 5.59. The molecular formula is C10H17ClSi. The van der Waals surface area contributed by atoms with Crippen LogP contribution in [-0.2, 0) is 0 Å². The summed E-state index contributed by atoms with van der Waals surface area (Å²) in [5, 5.41) is 0. The van der Waals surface area contributed by atoms with Crippen LogP contribution in [0.4, 0.5) is 0 Å². The van der Waals surface area contributed by atoms with Gasteiger partial charge in [0.05, 0.1) is 0 Å². The minimum Gasteiger partial charge on any atom is -0.176 e. The monoisotopic (exact) mass is 200 g/mol. The second-order valence-corrected chi connectivity index (χ2v) is 5.63. The topological polar surface area (TPSA) is 0 Å². The molecule has 1 aliphatic carbocycles. The summed E-state index contributed by atoms with van der Waals surface area (Å²) in [5.74, 6) is 0.663. The molecular weight excluding hydrogens is 184 g/mol. The maximum absolute atomic E-state index is 5.89. The van der Waals surface area contributed by atoms with Gasteiger partial charge in [0, 0.05) is 0 Å². The van der Waals surface area contributed by atoms with E-state index in [9.17, 15) is 0 Å². The van der Waals surface area contributed by atoms with Crippen molar-refractivity contribution in [1.29, 1.82) is 0 Å². The Morgan fingerprint density at radius 1 is 1.25 bits per heavy atom. The summed E-state index contributed by atoms with van der Waals surface area (Å²) in [4.78, 5) is 0. The molecule has 0 bridgehead atoms. The zero-order valence-electron chi connectivity index (χ0n) is 8.37. The third-order valence-electron chi connectivity index (χ3n) is 3.17. The highest BCUT2D eigenvalue weighted by atomic mass is 35.6. The number of hydrogen-bond acceptors (Lipinski definition) is 0. The molecule has 0 saturated carbocycles. The van der Waals surface area contributed by atoms with Crippen LogP contribution in [0.1, 0.15) is 27.7 Å². The fraction of sp³-hybridized carbons (Fsp3) is 0.600.